The monoisotopic (exact) mass is 1680 g/mol. The molecule has 0 aliphatic carbocycles. The van der Waals surface area contributed by atoms with Crippen LogP contribution in [0.5, 0.6) is 0 Å². The fourth-order valence-corrected chi connectivity index (χ4v) is 22.6. The van der Waals surface area contributed by atoms with E-state index in [0.717, 1.165) is 21.8 Å². The van der Waals surface area contributed by atoms with Gasteiger partial charge in [-0.15, -0.1) is 0 Å². The van der Waals surface area contributed by atoms with Crippen LogP contribution in [0.3, 0.4) is 0 Å². The first-order valence-electron chi connectivity index (χ1n) is 54.6. The quantitative estimate of drug-likeness (QED) is 0.0263. The summed E-state index contributed by atoms with van der Waals surface area (Å²) in [6.07, 6.45) is 143. The lowest BCUT2D eigenvalue weighted by molar-refractivity contribution is 0.352. The van der Waals surface area contributed by atoms with Crippen molar-refractivity contribution in [2.24, 2.45) is 0 Å². The smallest absolute Gasteiger partial charge is 0.108 e. The van der Waals surface area contributed by atoms with E-state index in [1.54, 1.807) is 34.5 Å². The van der Waals surface area contributed by atoms with Crippen LogP contribution in [0.1, 0.15) is 658 Å². The molecule has 0 fully saturated rings. The Morgan fingerprint density at radius 3 is 0.235 bits per heavy atom. The maximum Gasteiger partial charge on any atom is 0.108 e. The Morgan fingerprint density at radius 2 is 0.174 bits per heavy atom. The summed E-state index contributed by atoms with van der Waals surface area (Å²) >= 11 is 0. The molecule has 4 nitrogen and oxygen atoms in total. The van der Waals surface area contributed by atoms with Gasteiger partial charge in [-0.2, -0.15) is 0 Å². The van der Waals surface area contributed by atoms with Gasteiger partial charge in [0.2, 0.25) is 0 Å². The van der Waals surface area contributed by atoms with Crippen LogP contribution in [0.15, 0.2) is 0 Å². The lowest BCUT2D eigenvalue weighted by atomic mass is 10.0. The molecule has 0 N–H and O–H groups in total. The van der Waals surface area contributed by atoms with E-state index in [9.17, 15) is 0 Å². The SMILES string of the molecule is CCCCCCCCCCCCCCCCCC[S+](CCCCCCCCCCCCCCCCCC)CCCCCCCCCCCCCCCCCC.CCCCCCCCCCCCCCCCCC[S+](CCCCCCCCCCCCCCCCCC)CCCCCCCCCCCCCCCCCC.O=S(=O)([O-])[O-]. The van der Waals surface area contributed by atoms with Crippen molar-refractivity contribution in [3.63, 3.8) is 0 Å². The van der Waals surface area contributed by atoms with Gasteiger partial charge in [0.15, 0.2) is 0 Å². The number of hydrogen-bond donors (Lipinski definition) is 0. The van der Waals surface area contributed by atoms with Crippen molar-refractivity contribution in [2.75, 3.05) is 34.5 Å². The summed E-state index contributed by atoms with van der Waals surface area (Å²) in [5, 5.41) is 0. The van der Waals surface area contributed by atoms with Gasteiger partial charge in [-0.1, -0.05) is 581 Å². The Hall–Kier alpha value is 0.570. The van der Waals surface area contributed by atoms with E-state index in [1.807, 2.05) is 0 Å². The van der Waals surface area contributed by atoms with E-state index in [-0.39, 0.29) is 0 Å². The third kappa shape index (κ3) is 123. The van der Waals surface area contributed by atoms with Crippen LogP contribution in [0.25, 0.3) is 0 Å². The van der Waals surface area contributed by atoms with Crippen LogP contribution in [-0.2, 0) is 32.2 Å². The molecular weight excluding hydrogens is 1460 g/mol. The second kappa shape index (κ2) is 113. The molecule has 0 aliphatic rings. The molecule has 0 atom stereocenters. The van der Waals surface area contributed by atoms with E-state index in [2.05, 4.69) is 41.5 Å². The van der Waals surface area contributed by atoms with Crippen molar-refractivity contribution in [3.05, 3.63) is 0 Å². The number of hydrogen-bond acceptors (Lipinski definition) is 4. The highest BCUT2D eigenvalue weighted by molar-refractivity contribution is 7.97. The minimum Gasteiger partial charge on any atom is -0.759 e. The van der Waals surface area contributed by atoms with E-state index in [4.69, 9.17) is 17.5 Å². The zero-order valence-electron chi connectivity index (χ0n) is 81.0. The molecule has 0 aromatic carbocycles. The fraction of sp³-hybridized carbons (Fsp3) is 1.00. The Labute approximate surface area is 737 Å². The van der Waals surface area contributed by atoms with Crippen LogP contribution >= 0.6 is 0 Å². The third-order valence-corrected chi connectivity index (χ3v) is 30.9. The van der Waals surface area contributed by atoms with Gasteiger partial charge in [-0.3, -0.25) is 8.42 Å². The largest absolute Gasteiger partial charge is 0.759 e. The van der Waals surface area contributed by atoms with Crippen molar-refractivity contribution in [2.45, 2.75) is 658 Å². The summed E-state index contributed by atoms with van der Waals surface area (Å²) in [6.45, 7) is 13.9. The Balaban J connectivity index is -0.00000206. The van der Waals surface area contributed by atoms with Crippen LogP contribution in [0.4, 0.5) is 0 Å². The summed E-state index contributed by atoms with van der Waals surface area (Å²) in [5.74, 6) is 9.39. The number of rotatable bonds is 102. The minimum absolute atomic E-state index is 0.723. The van der Waals surface area contributed by atoms with E-state index in [0.29, 0.717) is 0 Å². The van der Waals surface area contributed by atoms with Crippen molar-refractivity contribution in [3.8, 4) is 0 Å². The van der Waals surface area contributed by atoms with Crippen molar-refractivity contribution < 1.29 is 17.5 Å². The predicted molar refractivity (Wildman–Crippen MR) is 532 cm³/mol. The lowest BCUT2D eigenvalue weighted by Crippen LogP contribution is -2.17. The summed E-state index contributed by atoms with van der Waals surface area (Å²) in [6, 6.07) is 0. The molecule has 696 valence electrons. The summed E-state index contributed by atoms with van der Waals surface area (Å²) in [7, 11) is -3.72. The highest BCUT2D eigenvalue weighted by atomic mass is 32.3. The normalized spacial score (nSPS) is 11.8. The zero-order valence-corrected chi connectivity index (χ0v) is 83.4. The van der Waals surface area contributed by atoms with Gasteiger partial charge < -0.3 is 9.11 Å². The average Bonchev–Trinajstić information content (AvgIpc) is 1.01. The molecular formula is C108H222O4S3. The molecule has 0 aromatic rings. The van der Waals surface area contributed by atoms with Gasteiger partial charge in [0.25, 0.3) is 0 Å². The highest BCUT2D eigenvalue weighted by Gasteiger charge is 2.19. The zero-order chi connectivity index (χ0) is 83.8. The van der Waals surface area contributed by atoms with Gasteiger partial charge in [0.1, 0.15) is 34.5 Å². The Kier molecular flexibility index (Phi) is 117. The molecule has 115 heavy (non-hydrogen) atoms. The van der Waals surface area contributed by atoms with E-state index in [1.165, 1.54) is 616 Å². The molecule has 0 unspecified atom stereocenters. The summed E-state index contributed by atoms with van der Waals surface area (Å²) in [5.41, 5.74) is 0. The first kappa shape index (κ1) is 120. The second-order valence-electron chi connectivity index (χ2n) is 37.7. The molecule has 7 heteroatoms. The second-order valence-corrected chi connectivity index (χ2v) is 43.4. The number of unbranched alkanes of at least 4 members (excludes halogenated alkanes) is 90. The average molecular weight is 1680 g/mol. The highest BCUT2D eigenvalue weighted by Crippen LogP contribution is 2.24. The van der Waals surface area contributed by atoms with Gasteiger partial charge in [0, 0.05) is 10.4 Å². The van der Waals surface area contributed by atoms with Gasteiger partial charge in [-0.25, -0.2) is 0 Å². The van der Waals surface area contributed by atoms with Crippen molar-refractivity contribution in [1.82, 2.24) is 0 Å². The third-order valence-electron chi connectivity index (χ3n) is 25.7. The van der Waals surface area contributed by atoms with Crippen LogP contribution in [0, 0.1) is 0 Å². The molecule has 0 aliphatic heterocycles. The first-order valence-corrected chi connectivity index (χ1v) is 59.4. The molecule has 0 radical (unpaired) electrons. The Morgan fingerprint density at radius 1 is 0.122 bits per heavy atom. The predicted octanol–water partition coefficient (Wildman–Crippen LogP) is 39.4. The lowest BCUT2D eigenvalue weighted by Gasteiger charge is -2.10. The molecule has 0 bridgehead atoms. The van der Waals surface area contributed by atoms with Gasteiger partial charge in [-0.05, 0) is 98.8 Å². The molecule has 0 amide bonds. The summed E-state index contributed by atoms with van der Waals surface area (Å²) in [4.78, 5) is 0. The van der Waals surface area contributed by atoms with E-state index < -0.39 is 10.4 Å². The van der Waals surface area contributed by atoms with Gasteiger partial charge in [0.05, 0.1) is 0 Å². The maximum absolute atomic E-state index is 8.52. The van der Waals surface area contributed by atoms with Crippen LogP contribution < -0.4 is 0 Å². The molecule has 0 aromatic heterocycles. The molecule has 0 heterocycles. The minimum atomic E-state index is -5.17. The molecule has 0 saturated carbocycles. The standard InChI is InChI=1S/2C54H111S.H2O4S/c2*1-4-7-10-13-16-19-22-25-28-31-34-37-40-43-46-49-52-55(53-50-47-44-41-38-35-32-29-26-23-20-17-14-11-8-5-2)54-51-48-45-42-39-36-33-30-27-24-21-18-15-12-9-6-3;1-5(2,3)4/h2*4-54H2,1-3H3;(H2,1,2,3,4)/q2*+1;/p-2. The van der Waals surface area contributed by atoms with Gasteiger partial charge >= 0.3 is 0 Å². The molecule has 0 rings (SSSR count). The first-order chi connectivity index (χ1) is 56.7. The fourth-order valence-electron chi connectivity index (χ4n) is 17.7. The van der Waals surface area contributed by atoms with Crippen molar-refractivity contribution >= 4 is 32.2 Å². The Bertz CT molecular complexity index is 1440. The van der Waals surface area contributed by atoms with Crippen LogP contribution in [-0.4, -0.2) is 52.0 Å². The maximum atomic E-state index is 8.52. The van der Waals surface area contributed by atoms with Crippen molar-refractivity contribution in [1.29, 1.82) is 0 Å². The molecule has 0 saturated heterocycles. The summed E-state index contributed by atoms with van der Waals surface area (Å²) < 4.78 is 34.1. The van der Waals surface area contributed by atoms with E-state index >= 15 is 0 Å². The molecule has 0 spiro atoms. The topological polar surface area (TPSA) is 80.3 Å². The van der Waals surface area contributed by atoms with Crippen LogP contribution in [0.2, 0.25) is 0 Å².